The summed E-state index contributed by atoms with van der Waals surface area (Å²) in [5, 5.41) is 0. The maximum atomic E-state index is 10.2. The van der Waals surface area contributed by atoms with E-state index in [1.807, 2.05) is 4.39 Å². The second kappa shape index (κ2) is 3.43. The van der Waals surface area contributed by atoms with Crippen molar-refractivity contribution in [2.75, 3.05) is 0 Å². The molecule has 0 saturated heterocycles. The van der Waals surface area contributed by atoms with E-state index in [4.69, 9.17) is 13.0 Å². The van der Waals surface area contributed by atoms with Gasteiger partial charge in [0.1, 0.15) is 0 Å². The van der Waals surface area contributed by atoms with Gasteiger partial charge in [-0.3, -0.25) is 4.55 Å². The fourth-order valence-corrected chi connectivity index (χ4v) is 0. The van der Waals surface area contributed by atoms with Crippen LogP contribution in [-0.2, 0) is 34.3 Å². The van der Waals surface area contributed by atoms with E-state index in [0.29, 0.717) is 0 Å². The summed E-state index contributed by atoms with van der Waals surface area (Å²) < 4.78 is 37.2. The van der Waals surface area contributed by atoms with Gasteiger partial charge in [-0.05, 0) is 8.91 Å². The molecule has 0 rings (SSSR count). The van der Waals surface area contributed by atoms with Gasteiger partial charge in [0.2, 0.25) is 0 Å². The molecule has 1 N–H and O–H groups in total. The normalized spacial score (nSPS) is 10.0. The van der Waals surface area contributed by atoms with Crippen LogP contribution in [-0.4, -0.2) is 13.0 Å². The van der Waals surface area contributed by atoms with Crippen LogP contribution in [0.15, 0.2) is 0 Å². The van der Waals surface area contributed by atoms with E-state index < -0.39 is 10.4 Å². The molecule has 0 unspecified atom stereocenters. The number of hydrogen-bond acceptors (Lipinski definition) is 3. The van der Waals surface area contributed by atoms with Crippen LogP contribution in [0.3, 0.4) is 0 Å². The predicted molar refractivity (Wildman–Crippen MR) is 13.7 cm³/mol. The summed E-state index contributed by atoms with van der Waals surface area (Å²) in [6.45, 7) is 0. The first-order valence-corrected chi connectivity index (χ1v) is 2.20. The van der Waals surface area contributed by atoms with Gasteiger partial charge >= 0.3 is 10.4 Å². The topological polar surface area (TPSA) is 63.6 Å². The molecule has 0 aromatic carbocycles. The molecule has 0 spiro atoms. The zero-order chi connectivity index (χ0) is 5.21. The Labute approximate surface area is 52.3 Å². The van der Waals surface area contributed by atoms with E-state index in [9.17, 15) is 4.53 Å². The minimum absolute atomic E-state index is 0. The molecular weight excluding hydrogens is 180 g/mol. The van der Waals surface area contributed by atoms with Crippen molar-refractivity contribution in [3.63, 3.8) is 0 Å². The van der Waals surface area contributed by atoms with Gasteiger partial charge in [-0.1, -0.05) is 0 Å². The van der Waals surface area contributed by atoms with Gasteiger partial charge in [0, 0.05) is 19.5 Å². The second-order valence-electron chi connectivity index (χ2n) is 0.491. The Hall–Kier alpha value is 0.423. The molecule has 7 heteroatoms. The Morgan fingerprint density at radius 3 is 1.71 bits per heavy atom. The molecule has 0 bridgehead atoms. The fourth-order valence-electron chi connectivity index (χ4n) is 0. The molecule has 0 aromatic rings. The van der Waals surface area contributed by atoms with Crippen LogP contribution in [0.25, 0.3) is 0 Å². The molecule has 7 heavy (non-hydrogen) atoms. The maximum Gasteiger partial charge on any atom is 0.428 e. The van der Waals surface area contributed by atoms with Crippen LogP contribution in [0.4, 0.5) is 4.53 Å². The number of rotatable bonds is 1. The summed E-state index contributed by atoms with van der Waals surface area (Å²) in [7, 11) is -4.83. The molecule has 0 aliphatic rings. The number of hydrogen-bond donors (Lipinski definition) is 1. The molecule has 4 nitrogen and oxygen atoms in total. The van der Waals surface area contributed by atoms with Gasteiger partial charge in [0.25, 0.3) is 0 Å². The van der Waals surface area contributed by atoms with Gasteiger partial charge in [-0.15, -0.1) is 0 Å². The van der Waals surface area contributed by atoms with Crippen LogP contribution in [0.1, 0.15) is 0 Å². The molecule has 0 amide bonds. The Morgan fingerprint density at radius 1 is 1.57 bits per heavy atom. The molecule has 0 fully saturated rings. The van der Waals surface area contributed by atoms with Gasteiger partial charge < -0.3 is 0 Å². The van der Waals surface area contributed by atoms with E-state index in [1.165, 1.54) is 0 Å². The summed E-state index contributed by atoms with van der Waals surface area (Å²) in [4.78, 5) is 0. The molecule has 40 valence electrons. The van der Waals surface area contributed by atoms with Crippen molar-refractivity contribution >= 4 is 10.4 Å². The number of halogens is 1. The van der Waals surface area contributed by atoms with Crippen LogP contribution in [0.5, 0.6) is 0 Å². The quantitative estimate of drug-likeness (QED) is 0.445. The van der Waals surface area contributed by atoms with Crippen LogP contribution in [0, 0.1) is 0 Å². The maximum absolute atomic E-state index is 10.2. The summed E-state index contributed by atoms with van der Waals surface area (Å²) in [5.74, 6) is 0. The first kappa shape index (κ1) is 10.4. The molecular formula is HFO4SZn. The zero-order valence-corrected chi connectivity index (χ0v) is 6.95. The third-order valence-electron chi connectivity index (χ3n) is 0.0796. The van der Waals surface area contributed by atoms with Crippen molar-refractivity contribution in [3.05, 3.63) is 0 Å². The summed E-state index contributed by atoms with van der Waals surface area (Å²) in [6, 6.07) is 0. The van der Waals surface area contributed by atoms with E-state index in [2.05, 4.69) is 0 Å². The van der Waals surface area contributed by atoms with Crippen LogP contribution in [0.2, 0.25) is 0 Å². The average molecular weight is 181 g/mol. The SMILES string of the molecule is O=S(=O)(O)OF.[Zn]. The Bertz CT molecular complexity index is 114. The third-order valence-corrected chi connectivity index (χ3v) is 0.239. The first-order chi connectivity index (χ1) is 2.56. The second-order valence-corrected chi connectivity index (χ2v) is 1.47. The molecule has 0 saturated carbocycles. The molecule has 0 aliphatic heterocycles. The average Bonchev–Trinajstić information content (AvgIpc) is 1.35. The van der Waals surface area contributed by atoms with Gasteiger partial charge in [-0.25, -0.2) is 0 Å². The van der Waals surface area contributed by atoms with Crippen molar-refractivity contribution in [2.24, 2.45) is 0 Å². The summed E-state index contributed by atoms with van der Waals surface area (Å²) in [5.41, 5.74) is 0. The van der Waals surface area contributed by atoms with E-state index in [0.717, 1.165) is 0 Å². The summed E-state index contributed by atoms with van der Waals surface area (Å²) in [6.07, 6.45) is 0. The summed E-state index contributed by atoms with van der Waals surface area (Å²) >= 11 is 0. The van der Waals surface area contributed by atoms with Crippen LogP contribution < -0.4 is 0 Å². The fraction of sp³-hybridized carbons (Fsp3) is 0. The Kier molecular flexibility index (Phi) is 5.10. The van der Waals surface area contributed by atoms with Crippen molar-refractivity contribution in [2.45, 2.75) is 0 Å². The van der Waals surface area contributed by atoms with Crippen molar-refractivity contribution in [1.82, 2.24) is 0 Å². The molecule has 0 atom stereocenters. The molecule has 0 heterocycles. The Balaban J connectivity index is 0. The predicted octanol–water partition coefficient (Wildman–Crippen LogP) is -0.312. The monoisotopic (exact) mass is 180 g/mol. The minimum Gasteiger partial charge on any atom is -0.262 e. The minimum atomic E-state index is -4.83. The molecule has 0 radical (unpaired) electrons. The van der Waals surface area contributed by atoms with Gasteiger partial charge in [0.15, 0.2) is 0 Å². The molecule has 0 aromatic heterocycles. The van der Waals surface area contributed by atoms with Crippen molar-refractivity contribution in [1.29, 1.82) is 0 Å². The Morgan fingerprint density at radius 2 is 1.71 bits per heavy atom. The standard InChI is InChI=1S/FHO4S.Zn/c1-5-6(2,3)4;/h(H,2,3,4);. The van der Waals surface area contributed by atoms with E-state index >= 15 is 0 Å². The van der Waals surface area contributed by atoms with E-state index in [-0.39, 0.29) is 19.5 Å². The first-order valence-electron chi connectivity index (χ1n) is 0.837. The zero-order valence-electron chi connectivity index (χ0n) is 3.17. The third kappa shape index (κ3) is 10.7. The molecule has 0 aliphatic carbocycles. The van der Waals surface area contributed by atoms with Gasteiger partial charge in [0.05, 0.1) is 0 Å². The van der Waals surface area contributed by atoms with Gasteiger partial charge in [-0.2, -0.15) is 8.42 Å². The van der Waals surface area contributed by atoms with E-state index in [1.54, 1.807) is 0 Å². The smallest absolute Gasteiger partial charge is 0.262 e. The largest absolute Gasteiger partial charge is 0.428 e. The van der Waals surface area contributed by atoms with Crippen molar-refractivity contribution in [3.8, 4) is 0 Å². The van der Waals surface area contributed by atoms with Crippen LogP contribution >= 0.6 is 0 Å². The van der Waals surface area contributed by atoms with Crippen molar-refractivity contribution < 1.29 is 41.4 Å².